The van der Waals surface area contributed by atoms with E-state index < -0.39 is 6.04 Å². The molecule has 26 heavy (non-hydrogen) atoms. The van der Waals surface area contributed by atoms with Gasteiger partial charge in [-0.1, -0.05) is 41.9 Å². The number of nitrogens with one attached hydrogen (secondary N) is 3. The number of halogens is 1. The molecule has 0 aliphatic carbocycles. The lowest BCUT2D eigenvalue weighted by atomic mass is 9.94. The molecule has 3 rings (SSSR count). The number of urea groups is 1. The molecule has 5 nitrogen and oxygen atoms in total. The van der Waals surface area contributed by atoms with E-state index in [4.69, 9.17) is 11.6 Å². The molecule has 2 aromatic rings. The minimum Gasteiger partial charge on any atom is -0.327 e. The maximum absolute atomic E-state index is 13.0. The van der Waals surface area contributed by atoms with Crippen LogP contribution in [0.25, 0.3) is 0 Å². The zero-order valence-corrected chi connectivity index (χ0v) is 15.6. The standard InChI is InChI=1S/C20H20ClN3O2/c1-11-7-6-10-16(12(11)2)23-19(25)17-13(3)22-20(26)24-18(17)14-8-4-5-9-15(14)21/h4-10,18H,1-3H3,(H,23,25)(H2,22,24,26)/t18-/m0/s1. The van der Waals surface area contributed by atoms with Crippen molar-refractivity contribution in [2.24, 2.45) is 0 Å². The molecule has 1 aliphatic heterocycles. The summed E-state index contributed by atoms with van der Waals surface area (Å²) in [4.78, 5) is 25.0. The lowest BCUT2D eigenvalue weighted by molar-refractivity contribution is -0.113. The number of benzene rings is 2. The van der Waals surface area contributed by atoms with Gasteiger partial charge in [0.2, 0.25) is 0 Å². The van der Waals surface area contributed by atoms with Crippen LogP contribution < -0.4 is 16.0 Å². The number of amides is 3. The third-order valence-corrected chi connectivity index (χ3v) is 4.93. The Morgan fingerprint density at radius 1 is 1.08 bits per heavy atom. The van der Waals surface area contributed by atoms with Crippen LogP contribution in [0.15, 0.2) is 53.7 Å². The second-order valence-corrected chi connectivity index (χ2v) is 6.70. The number of carbonyl (C=O) groups is 2. The van der Waals surface area contributed by atoms with Crippen molar-refractivity contribution in [3.63, 3.8) is 0 Å². The molecule has 0 bridgehead atoms. The molecule has 0 radical (unpaired) electrons. The normalized spacial score (nSPS) is 16.8. The average molecular weight is 370 g/mol. The van der Waals surface area contributed by atoms with Crippen molar-refractivity contribution < 1.29 is 9.59 Å². The van der Waals surface area contributed by atoms with Gasteiger partial charge in [0.05, 0.1) is 11.6 Å². The lowest BCUT2D eigenvalue weighted by Crippen LogP contribution is -2.46. The highest BCUT2D eigenvalue weighted by Crippen LogP contribution is 2.32. The third kappa shape index (κ3) is 3.44. The maximum atomic E-state index is 13.0. The van der Waals surface area contributed by atoms with Crippen molar-refractivity contribution in [3.8, 4) is 0 Å². The molecule has 2 aromatic carbocycles. The monoisotopic (exact) mass is 369 g/mol. The fourth-order valence-electron chi connectivity index (χ4n) is 3.01. The molecular weight excluding hydrogens is 350 g/mol. The van der Waals surface area contributed by atoms with E-state index in [1.165, 1.54) is 0 Å². The molecule has 0 saturated heterocycles. The van der Waals surface area contributed by atoms with Crippen LogP contribution in [0.5, 0.6) is 0 Å². The Kier molecular flexibility index (Phi) is 5.00. The van der Waals surface area contributed by atoms with Crippen molar-refractivity contribution >= 4 is 29.2 Å². The van der Waals surface area contributed by atoms with Crippen LogP contribution in [0.2, 0.25) is 5.02 Å². The van der Waals surface area contributed by atoms with E-state index in [0.29, 0.717) is 21.9 Å². The number of hydrogen-bond acceptors (Lipinski definition) is 2. The van der Waals surface area contributed by atoms with E-state index in [9.17, 15) is 9.59 Å². The van der Waals surface area contributed by atoms with Crippen molar-refractivity contribution in [2.75, 3.05) is 5.32 Å². The van der Waals surface area contributed by atoms with Gasteiger partial charge in [-0.25, -0.2) is 4.79 Å². The summed E-state index contributed by atoms with van der Waals surface area (Å²) in [5.74, 6) is -0.284. The Bertz CT molecular complexity index is 921. The van der Waals surface area contributed by atoms with Crippen molar-refractivity contribution in [3.05, 3.63) is 75.4 Å². The Morgan fingerprint density at radius 2 is 1.81 bits per heavy atom. The van der Waals surface area contributed by atoms with Crippen molar-refractivity contribution in [2.45, 2.75) is 26.8 Å². The van der Waals surface area contributed by atoms with Gasteiger partial charge in [-0.2, -0.15) is 0 Å². The number of aryl methyl sites for hydroxylation is 1. The largest absolute Gasteiger partial charge is 0.327 e. The van der Waals surface area contributed by atoms with Gasteiger partial charge in [0.1, 0.15) is 0 Å². The number of hydrogen-bond donors (Lipinski definition) is 3. The number of anilines is 1. The molecule has 1 heterocycles. The minimum absolute atomic E-state index is 0.284. The van der Waals surface area contributed by atoms with Crippen LogP contribution >= 0.6 is 11.6 Å². The molecule has 134 valence electrons. The predicted molar refractivity (Wildman–Crippen MR) is 103 cm³/mol. The first-order chi connectivity index (χ1) is 12.4. The third-order valence-electron chi connectivity index (χ3n) is 4.58. The first-order valence-corrected chi connectivity index (χ1v) is 8.66. The molecule has 0 saturated carbocycles. The summed E-state index contributed by atoms with van der Waals surface area (Å²) in [5.41, 5.74) is 4.44. The molecule has 0 spiro atoms. The summed E-state index contributed by atoms with van der Waals surface area (Å²) in [6.07, 6.45) is 0. The quantitative estimate of drug-likeness (QED) is 0.757. The van der Waals surface area contributed by atoms with E-state index in [0.717, 1.165) is 16.8 Å². The van der Waals surface area contributed by atoms with Gasteiger partial charge in [0.25, 0.3) is 5.91 Å². The smallest absolute Gasteiger partial charge is 0.319 e. The van der Waals surface area contributed by atoms with Crippen LogP contribution in [0, 0.1) is 13.8 Å². The SMILES string of the molecule is CC1=C(C(=O)Nc2cccc(C)c2C)[C@H](c2ccccc2Cl)NC(=O)N1. The Hall–Kier alpha value is -2.79. The topological polar surface area (TPSA) is 70.2 Å². The Balaban J connectivity index is 2.00. The number of carbonyl (C=O) groups excluding carboxylic acids is 2. The number of allylic oxidation sites excluding steroid dienone is 1. The zero-order chi connectivity index (χ0) is 18.8. The summed E-state index contributed by atoms with van der Waals surface area (Å²) >= 11 is 6.30. The highest BCUT2D eigenvalue weighted by Gasteiger charge is 2.32. The number of rotatable bonds is 3. The van der Waals surface area contributed by atoms with Crippen LogP contribution in [0.1, 0.15) is 29.7 Å². The second kappa shape index (κ2) is 7.22. The fourth-order valence-corrected chi connectivity index (χ4v) is 3.26. The molecule has 6 heteroatoms. The molecule has 0 aromatic heterocycles. The van der Waals surface area contributed by atoms with E-state index in [-0.39, 0.29) is 11.9 Å². The van der Waals surface area contributed by atoms with Crippen LogP contribution in [0.4, 0.5) is 10.5 Å². The minimum atomic E-state index is -0.623. The van der Waals surface area contributed by atoms with Crippen LogP contribution in [0.3, 0.4) is 0 Å². The van der Waals surface area contributed by atoms with Crippen LogP contribution in [-0.2, 0) is 4.79 Å². The van der Waals surface area contributed by atoms with E-state index in [2.05, 4.69) is 16.0 Å². The lowest BCUT2D eigenvalue weighted by Gasteiger charge is -2.29. The summed E-state index contributed by atoms with van der Waals surface area (Å²) in [5, 5.41) is 8.90. The van der Waals surface area contributed by atoms with E-state index in [1.54, 1.807) is 25.1 Å². The molecule has 1 atom stereocenters. The van der Waals surface area contributed by atoms with Crippen molar-refractivity contribution in [1.29, 1.82) is 0 Å². The maximum Gasteiger partial charge on any atom is 0.319 e. The Morgan fingerprint density at radius 3 is 2.54 bits per heavy atom. The van der Waals surface area contributed by atoms with Gasteiger partial charge < -0.3 is 16.0 Å². The van der Waals surface area contributed by atoms with Gasteiger partial charge in [-0.3, -0.25) is 4.79 Å². The van der Waals surface area contributed by atoms with E-state index in [1.807, 2.05) is 38.1 Å². The second-order valence-electron chi connectivity index (χ2n) is 6.29. The van der Waals surface area contributed by atoms with E-state index >= 15 is 0 Å². The fraction of sp³-hybridized carbons (Fsp3) is 0.200. The summed E-state index contributed by atoms with van der Waals surface area (Å²) in [6.45, 7) is 5.66. The first-order valence-electron chi connectivity index (χ1n) is 8.28. The molecule has 1 aliphatic rings. The molecular formula is C20H20ClN3O2. The highest BCUT2D eigenvalue weighted by atomic mass is 35.5. The summed E-state index contributed by atoms with van der Waals surface area (Å²) < 4.78 is 0. The van der Waals surface area contributed by atoms with Gasteiger partial charge in [0.15, 0.2) is 0 Å². The highest BCUT2D eigenvalue weighted by molar-refractivity contribution is 6.31. The van der Waals surface area contributed by atoms with Gasteiger partial charge in [-0.05, 0) is 49.6 Å². The van der Waals surface area contributed by atoms with Crippen molar-refractivity contribution in [1.82, 2.24) is 10.6 Å². The van der Waals surface area contributed by atoms with Gasteiger partial charge in [-0.15, -0.1) is 0 Å². The summed E-state index contributed by atoms with van der Waals surface area (Å²) in [7, 11) is 0. The molecule has 0 unspecified atom stereocenters. The zero-order valence-electron chi connectivity index (χ0n) is 14.8. The Labute approximate surface area is 157 Å². The summed E-state index contributed by atoms with van der Waals surface area (Å²) in [6, 6.07) is 11.9. The molecule has 0 fully saturated rings. The van der Waals surface area contributed by atoms with Crippen LogP contribution in [-0.4, -0.2) is 11.9 Å². The molecule has 3 amide bonds. The van der Waals surface area contributed by atoms with Gasteiger partial charge >= 0.3 is 6.03 Å². The predicted octanol–water partition coefficient (Wildman–Crippen LogP) is 4.22. The molecule has 3 N–H and O–H groups in total. The first kappa shape index (κ1) is 18.0. The average Bonchev–Trinajstić information content (AvgIpc) is 2.58. The van der Waals surface area contributed by atoms with Gasteiger partial charge in [0, 0.05) is 16.4 Å².